The fourth-order valence-corrected chi connectivity index (χ4v) is 2.15. The molecule has 4 N–H and O–H groups in total. The number of nitrogens with one attached hydrogen (secondary N) is 3. The van der Waals surface area contributed by atoms with Gasteiger partial charge in [-0.2, -0.15) is 0 Å². The molecule has 0 spiro atoms. The Bertz CT molecular complexity index is 372. The Labute approximate surface area is 97.3 Å². The molecular formula is C9H14N4O4. The van der Waals surface area contributed by atoms with Gasteiger partial charge in [-0.15, -0.1) is 0 Å². The van der Waals surface area contributed by atoms with E-state index in [-0.39, 0.29) is 0 Å². The van der Waals surface area contributed by atoms with Gasteiger partial charge in [0.05, 0.1) is 0 Å². The van der Waals surface area contributed by atoms with Crippen LogP contribution in [0.4, 0.5) is 9.59 Å². The Morgan fingerprint density at radius 3 is 2.71 bits per heavy atom. The van der Waals surface area contributed by atoms with Crippen molar-refractivity contribution in [3.05, 3.63) is 0 Å². The number of carbonyl (C=O) groups is 3. The maximum Gasteiger partial charge on any atom is 0.326 e. The van der Waals surface area contributed by atoms with Gasteiger partial charge in [-0.3, -0.25) is 4.90 Å². The van der Waals surface area contributed by atoms with Crippen LogP contribution >= 0.6 is 0 Å². The van der Waals surface area contributed by atoms with Crippen molar-refractivity contribution in [2.75, 3.05) is 0 Å². The minimum atomic E-state index is -1.07. The molecule has 8 heteroatoms. The van der Waals surface area contributed by atoms with E-state index >= 15 is 0 Å². The van der Waals surface area contributed by atoms with Crippen LogP contribution in [0.1, 0.15) is 19.8 Å². The fourth-order valence-electron chi connectivity index (χ4n) is 2.15. The molecule has 8 nitrogen and oxygen atoms in total. The average molecular weight is 242 g/mol. The van der Waals surface area contributed by atoms with Crippen LogP contribution < -0.4 is 16.0 Å². The van der Waals surface area contributed by atoms with Crippen LogP contribution in [0.2, 0.25) is 0 Å². The first kappa shape index (κ1) is 11.5. The summed E-state index contributed by atoms with van der Waals surface area (Å²) in [4.78, 5) is 35.1. The first-order valence-corrected chi connectivity index (χ1v) is 5.43. The molecule has 3 unspecified atom stereocenters. The average Bonchev–Trinajstić information content (AvgIpc) is 2.70. The molecule has 2 saturated heterocycles. The molecule has 0 saturated carbocycles. The summed E-state index contributed by atoms with van der Waals surface area (Å²) in [6, 6.07) is -1.81. The summed E-state index contributed by atoms with van der Waals surface area (Å²) in [6.45, 7) is 1.84. The summed E-state index contributed by atoms with van der Waals surface area (Å²) in [7, 11) is 0. The molecule has 4 amide bonds. The normalized spacial score (nSPS) is 28.2. The number of hydrogen-bond acceptors (Lipinski definition) is 3. The van der Waals surface area contributed by atoms with Crippen LogP contribution in [0.15, 0.2) is 0 Å². The molecule has 0 aromatic rings. The van der Waals surface area contributed by atoms with Crippen molar-refractivity contribution in [2.24, 2.45) is 0 Å². The zero-order valence-corrected chi connectivity index (χ0v) is 9.27. The third-order valence-corrected chi connectivity index (χ3v) is 2.88. The lowest BCUT2D eigenvalue weighted by Gasteiger charge is -2.27. The number of aliphatic carboxylic acids is 1. The molecule has 2 heterocycles. The zero-order valence-electron chi connectivity index (χ0n) is 9.27. The summed E-state index contributed by atoms with van der Waals surface area (Å²) in [5, 5.41) is 16.6. The minimum Gasteiger partial charge on any atom is -0.480 e. The third kappa shape index (κ3) is 1.85. The standard InChI is InChI=1S/C9H14N4O4/c1-2-3-4(7(14)15)13-6-5(11-9(13)17)10-8(16)12-6/h4-6H,2-3H2,1H3,(H,11,17)(H,14,15)(H2,10,12,16). The molecule has 0 aliphatic carbocycles. The topological polar surface area (TPSA) is 111 Å². The van der Waals surface area contributed by atoms with Gasteiger partial charge in [-0.05, 0) is 6.42 Å². The molecular weight excluding hydrogens is 228 g/mol. The maximum absolute atomic E-state index is 11.7. The van der Waals surface area contributed by atoms with E-state index < -0.39 is 36.4 Å². The van der Waals surface area contributed by atoms with E-state index in [2.05, 4.69) is 16.0 Å². The first-order chi connectivity index (χ1) is 8.04. The molecule has 2 rings (SSSR count). The maximum atomic E-state index is 11.7. The second-order valence-electron chi connectivity index (χ2n) is 4.04. The number of carbonyl (C=O) groups excluding carboxylic acids is 2. The summed E-state index contributed by atoms with van der Waals surface area (Å²) < 4.78 is 0. The summed E-state index contributed by atoms with van der Waals surface area (Å²) in [6.07, 6.45) is -0.210. The van der Waals surface area contributed by atoms with E-state index in [0.29, 0.717) is 12.8 Å². The third-order valence-electron chi connectivity index (χ3n) is 2.88. The monoisotopic (exact) mass is 242 g/mol. The lowest BCUT2D eigenvalue weighted by molar-refractivity contribution is -0.143. The van der Waals surface area contributed by atoms with Gasteiger partial charge in [0.15, 0.2) is 0 Å². The van der Waals surface area contributed by atoms with Crippen LogP contribution in [-0.2, 0) is 4.79 Å². The molecule has 0 bridgehead atoms. The predicted molar refractivity (Wildman–Crippen MR) is 55.9 cm³/mol. The number of rotatable bonds is 4. The number of nitrogens with zero attached hydrogens (tertiary/aromatic N) is 1. The largest absolute Gasteiger partial charge is 0.480 e. The molecule has 0 radical (unpaired) electrons. The highest BCUT2D eigenvalue weighted by Crippen LogP contribution is 2.20. The molecule has 3 atom stereocenters. The highest BCUT2D eigenvalue weighted by Gasteiger charge is 2.49. The van der Waals surface area contributed by atoms with Crippen LogP contribution in [0.5, 0.6) is 0 Å². The molecule has 0 aromatic carbocycles. The summed E-state index contributed by atoms with van der Waals surface area (Å²) in [5.41, 5.74) is 0. The van der Waals surface area contributed by atoms with E-state index in [9.17, 15) is 14.4 Å². The minimum absolute atomic E-state index is 0.349. The molecule has 2 aliphatic heterocycles. The van der Waals surface area contributed by atoms with E-state index in [1.807, 2.05) is 6.92 Å². The van der Waals surface area contributed by atoms with E-state index in [0.717, 1.165) is 0 Å². The van der Waals surface area contributed by atoms with Crippen LogP contribution in [0, 0.1) is 0 Å². The number of urea groups is 2. The van der Waals surface area contributed by atoms with Gasteiger partial charge < -0.3 is 21.1 Å². The SMILES string of the molecule is CCCC(C(=O)O)N1C(=O)NC2NC(=O)NC21. The van der Waals surface area contributed by atoms with Crippen molar-refractivity contribution in [3.8, 4) is 0 Å². The van der Waals surface area contributed by atoms with Gasteiger partial charge >= 0.3 is 18.0 Å². The van der Waals surface area contributed by atoms with Gasteiger partial charge in [0.2, 0.25) is 0 Å². The van der Waals surface area contributed by atoms with Crippen molar-refractivity contribution in [1.82, 2.24) is 20.9 Å². The van der Waals surface area contributed by atoms with E-state index in [1.54, 1.807) is 0 Å². The predicted octanol–water partition coefficient (Wildman–Crippen LogP) is -0.770. The zero-order chi connectivity index (χ0) is 12.6. The second-order valence-corrected chi connectivity index (χ2v) is 4.04. The van der Waals surface area contributed by atoms with Crippen molar-refractivity contribution in [2.45, 2.75) is 38.1 Å². The van der Waals surface area contributed by atoms with E-state index in [1.165, 1.54) is 4.90 Å². The molecule has 0 aromatic heterocycles. The van der Waals surface area contributed by atoms with Crippen LogP contribution in [0.3, 0.4) is 0 Å². The summed E-state index contributed by atoms with van der Waals surface area (Å²) in [5.74, 6) is -1.07. The molecule has 94 valence electrons. The van der Waals surface area contributed by atoms with E-state index in [4.69, 9.17) is 5.11 Å². The Balaban J connectivity index is 2.20. The number of amides is 4. The number of fused-ring (bicyclic) bond motifs is 1. The van der Waals surface area contributed by atoms with Crippen molar-refractivity contribution >= 4 is 18.0 Å². The summed E-state index contributed by atoms with van der Waals surface area (Å²) >= 11 is 0. The second kappa shape index (κ2) is 4.11. The lowest BCUT2D eigenvalue weighted by atomic mass is 10.1. The number of carboxylic acids is 1. The number of hydrogen-bond donors (Lipinski definition) is 4. The quantitative estimate of drug-likeness (QED) is 0.518. The Kier molecular flexibility index (Phi) is 2.78. The van der Waals surface area contributed by atoms with Gasteiger partial charge in [0, 0.05) is 0 Å². The van der Waals surface area contributed by atoms with Crippen molar-refractivity contribution in [1.29, 1.82) is 0 Å². The smallest absolute Gasteiger partial charge is 0.326 e. The number of carboxylic acid groups (broad SMARTS) is 1. The van der Waals surface area contributed by atoms with Crippen molar-refractivity contribution in [3.63, 3.8) is 0 Å². The molecule has 17 heavy (non-hydrogen) atoms. The van der Waals surface area contributed by atoms with Gasteiger partial charge in [0.1, 0.15) is 18.4 Å². The molecule has 2 fully saturated rings. The van der Waals surface area contributed by atoms with Crippen molar-refractivity contribution < 1.29 is 19.5 Å². The van der Waals surface area contributed by atoms with Crippen LogP contribution in [-0.4, -0.2) is 46.4 Å². The Hall–Kier alpha value is -1.99. The Morgan fingerprint density at radius 1 is 1.41 bits per heavy atom. The Morgan fingerprint density at radius 2 is 2.12 bits per heavy atom. The van der Waals surface area contributed by atoms with Gasteiger partial charge in [0.25, 0.3) is 0 Å². The van der Waals surface area contributed by atoms with Crippen LogP contribution in [0.25, 0.3) is 0 Å². The van der Waals surface area contributed by atoms with Gasteiger partial charge in [-0.25, -0.2) is 14.4 Å². The fraction of sp³-hybridized carbons (Fsp3) is 0.667. The highest BCUT2D eigenvalue weighted by molar-refractivity contribution is 5.88. The molecule has 2 aliphatic rings. The lowest BCUT2D eigenvalue weighted by Crippen LogP contribution is -2.52. The highest BCUT2D eigenvalue weighted by atomic mass is 16.4. The van der Waals surface area contributed by atoms with Gasteiger partial charge in [-0.1, -0.05) is 13.3 Å². The first-order valence-electron chi connectivity index (χ1n) is 5.43.